The topological polar surface area (TPSA) is 0 Å². The van der Waals surface area contributed by atoms with Gasteiger partial charge in [0.2, 0.25) is 6.71 Å². The lowest BCUT2D eigenvalue weighted by Crippen LogP contribution is -2.52. The third kappa shape index (κ3) is 3.38. The van der Waals surface area contributed by atoms with E-state index in [-0.39, 0.29) is 6.71 Å². The van der Waals surface area contributed by atoms with Gasteiger partial charge < -0.3 is 0 Å². The fourth-order valence-electron chi connectivity index (χ4n) is 2.97. The minimum Gasteiger partial charge on any atom is -0.166 e. The van der Waals surface area contributed by atoms with Crippen molar-refractivity contribution in [2.75, 3.05) is 0 Å². The van der Waals surface area contributed by atoms with Crippen molar-refractivity contribution in [1.82, 2.24) is 0 Å². The third-order valence-corrected chi connectivity index (χ3v) is 4.20. The summed E-state index contributed by atoms with van der Waals surface area (Å²) in [6, 6.07) is 23.3. The maximum absolute atomic E-state index is 12.8. The Morgan fingerprint density at radius 1 is 0.667 bits per heavy atom. The maximum Gasteiger partial charge on any atom is 0.416 e. The van der Waals surface area contributed by atoms with Gasteiger partial charge in [-0.25, -0.2) is 0 Å². The zero-order valence-corrected chi connectivity index (χ0v) is 13.2. The highest BCUT2D eigenvalue weighted by Crippen LogP contribution is 2.28. The van der Waals surface area contributed by atoms with E-state index in [1.165, 1.54) is 0 Å². The zero-order chi connectivity index (χ0) is 17.2. The fourth-order valence-corrected chi connectivity index (χ4v) is 2.97. The van der Waals surface area contributed by atoms with E-state index in [9.17, 15) is 13.2 Å². The predicted octanol–water partition coefficient (Wildman–Crippen LogP) is 3.53. The Morgan fingerprint density at radius 3 is 1.79 bits per heavy atom. The van der Waals surface area contributed by atoms with Gasteiger partial charge in [0.1, 0.15) is 0 Å². The third-order valence-electron chi connectivity index (χ3n) is 4.20. The van der Waals surface area contributed by atoms with Crippen molar-refractivity contribution in [3.05, 3.63) is 90.0 Å². The summed E-state index contributed by atoms with van der Waals surface area (Å²) in [6.45, 7) is 1.93. The highest BCUT2D eigenvalue weighted by molar-refractivity contribution is 6.95. The molecule has 0 N–H and O–H groups in total. The molecule has 0 radical (unpaired) electrons. The van der Waals surface area contributed by atoms with E-state index in [4.69, 9.17) is 0 Å². The first-order valence-electron chi connectivity index (χ1n) is 7.74. The summed E-state index contributed by atoms with van der Waals surface area (Å²) in [6.07, 6.45) is -4.32. The summed E-state index contributed by atoms with van der Waals surface area (Å²) in [5.74, 6) is 0. The van der Waals surface area contributed by atoms with Gasteiger partial charge >= 0.3 is 6.18 Å². The molecule has 0 unspecified atom stereocenters. The van der Waals surface area contributed by atoms with Crippen LogP contribution in [0.5, 0.6) is 0 Å². The molecular weight excluding hydrogens is 308 g/mol. The summed E-state index contributed by atoms with van der Waals surface area (Å²) in [4.78, 5) is 0. The molecule has 0 saturated heterocycles. The van der Waals surface area contributed by atoms with Crippen molar-refractivity contribution in [2.45, 2.75) is 13.1 Å². The highest BCUT2D eigenvalue weighted by atomic mass is 19.4. The second-order valence-electron chi connectivity index (χ2n) is 5.82. The number of rotatable bonds is 3. The van der Waals surface area contributed by atoms with Crippen molar-refractivity contribution >= 4 is 23.1 Å². The van der Waals surface area contributed by atoms with Crippen molar-refractivity contribution in [2.24, 2.45) is 0 Å². The number of hydrogen-bond acceptors (Lipinski definition) is 0. The average molecular weight is 324 g/mol. The van der Waals surface area contributed by atoms with E-state index in [0.717, 1.165) is 34.1 Å². The zero-order valence-electron chi connectivity index (χ0n) is 13.2. The van der Waals surface area contributed by atoms with Crippen LogP contribution >= 0.6 is 0 Å². The summed E-state index contributed by atoms with van der Waals surface area (Å²) >= 11 is 0. The lowest BCUT2D eigenvalue weighted by Gasteiger charge is -2.18. The standard InChI is InChI=1S/C20H16BF3/c1-15-7-5-6-10-19(15)21(17-8-3-2-4-9-17)18-13-11-16(12-14-18)20(22,23)24/h2-14H,1H3. The number of halogens is 3. The molecule has 3 aromatic carbocycles. The van der Waals surface area contributed by atoms with Crippen molar-refractivity contribution in [3.63, 3.8) is 0 Å². The van der Waals surface area contributed by atoms with Gasteiger partial charge in [-0.2, -0.15) is 13.2 Å². The lowest BCUT2D eigenvalue weighted by molar-refractivity contribution is -0.137. The van der Waals surface area contributed by atoms with Gasteiger partial charge in [-0.05, 0) is 6.92 Å². The van der Waals surface area contributed by atoms with Crippen LogP contribution in [0, 0.1) is 6.92 Å². The molecular formula is C20H16BF3. The average Bonchev–Trinajstić information content (AvgIpc) is 2.58. The van der Waals surface area contributed by atoms with Crippen LogP contribution in [0.3, 0.4) is 0 Å². The molecule has 0 spiro atoms. The minimum absolute atomic E-state index is 0.0883. The van der Waals surface area contributed by atoms with Gasteiger partial charge in [0.25, 0.3) is 0 Å². The summed E-state index contributed by atoms with van der Waals surface area (Å²) in [5, 5.41) is 0. The van der Waals surface area contributed by atoms with Crippen LogP contribution in [0.1, 0.15) is 11.1 Å². The molecule has 120 valence electrons. The first-order chi connectivity index (χ1) is 11.5. The van der Waals surface area contributed by atoms with Crippen LogP contribution in [0.2, 0.25) is 0 Å². The number of benzene rings is 3. The molecule has 0 saturated carbocycles. The van der Waals surface area contributed by atoms with Crippen molar-refractivity contribution in [3.8, 4) is 0 Å². The van der Waals surface area contributed by atoms with Crippen LogP contribution in [0.15, 0.2) is 78.9 Å². The minimum atomic E-state index is -4.32. The first kappa shape index (κ1) is 16.4. The van der Waals surface area contributed by atoms with Crippen molar-refractivity contribution < 1.29 is 13.2 Å². The molecule has 0 bridgehead atoms. The summed E-state index contributed by atoms with van der Waals surface area (Å²) in [7, 11) is 0. The Labute approximate surface area is 140 Å². The molecule has 0 fully saturated rings. The Bertz CT molecular complexity index is 808. The van der Waals surface area contributed by atoms with Gasteiger partial charge in [0.05, 0.1) is 5.56 Å². The number of alkyl halides is 3. The highest BCUT2D eigenvalue weighted by Gasteiger charge is 2.31. The fraction of sp³-hybridized carbons (Fsp3) is 0.100. The first-order valence-corrected chi connectivity index (χ1v) is 7.74. The normalized spacial score (nSPS) is 11.3. The second-order valence-corrected chi connectivity index (χ2v) is 5.82. The van der Waals surface area contributed by atoms with E-state index >= 15 is 0 Å². The van der Waals surface area contributed by atoms with Gasteiger partial charge in [-0.1, -0.05) is 101 Å². The predicted molar refractivity (Wildman–Crippen MR) is 93.7 cm³/mol. The molecule has 3 rings (SSSR count). The summed E-state index contributed by atoms with van der Waals surface area (Å²) < 4.78 is 38.5. The van der Waals surface area contributed by atoms with E-state index < -0.39 is 11.7 Å². The SMILES string of the molecule is Cc1ccccc1B(c1ccccc1)c1ccc(C(F)(F)F)cc1. The molecule has 3 aromatic rings. The molecule has 0 aliphatic carbocycles. The second kappa shape index (κ2) is 6.56. The maximum atomic E-state index is 12.8. The Hall–Kier alpha value is -2.49. The molecule has 0 aliphatic rings. The largest absolute Gasteiger partial charge is 0.416 e. The molecule has 0 amide bonds. The van der Waals surface area contributed by atoms with Crippen LogP contribution in [0.4, 0.5) is 13.2 Å². The molecule has 4 heteroatoms. The number of aryl methyl sites for hydroxylation is 1. The quantitative estimate of drug-likeness (QED) is 0.647. The molecule has 0 heterocycles. The van der Waals surface area contributed by atoms with Crippen LogP contribution < -0.4 is 16.4 Å². The Kier molecular flexibility index (Phi) is 4.47. The molecule has 0 atom stereocenters. The van der Waals surface area contributed by atoms with Crippen LogP contribution in [-0.2, 0) is 6.18 Å². The molecule has 24 heavy (non-hydrogen) atoms. The monoisotopic (exact) mass is 324 g/mol. The van der Waals surface area contributed by atoms with Gasteiger partial charge in [-0.3, -0.25) is 0 Å². The Balaban J connectivity index is 2.11. The lowest BCUT2D eigenvalue weighted by atomic mass is 9.36. The van der Waals surface area contributed by atoms with Gasteiger partial charge in [-0.15, -0.1) is 0 Å². The van der Waals surface area contributed by atoms with Gasteiger partial charge in [0, 0.05) is 0 Å². The van der Waals surface area contributed by atoms with E-state index in [1.54, 1.807) is 12.1 Å². The van der Waals surface area contributed by atoms with Crippen molar-refractivity contribution in [1.29, 1.82) is 0 Å². The molecule has 0 aromatic heterocycles. The number of hydrogen-bond donors (Lipinski definition) is 0. The van der Waals surface area contributed by atoms with Crippen LogP contribution in [-0.4, -0.2) is 6.71 Å². The Morgan fingerprint density at radius 2 is 1.21 bits per heavy atom. The van der Waals surface area contributed by atoms with E-state index in [2.05, 4.69) is 0 Å². The van der Waals surface area contributed by atoms with Crippen LogP contribution in [0.25, 0.3) is 0 Å². The summed E-state index contributed by atoms with van der Waals surface area (Å²) in [5.41, 5.74) is 3.51. The molecule has 0 aliphatic heterocycles. The van der Waals surface area contributed by atoms with E-state index in [1.807, 2.05) is 61.5 Å². The molecule has 0 nitrogen and oxygen atoms in total. The smallest absolute Gasteiger partial charge is 0.166 e. The van der Waals surface area contributed by atoms with E-state index in [0.29, 0.717) is 0 Å². The van der Waals surface area contributed by atoms with Gasteiger partial charge in [0.15, 0.2) is 0 Å².